The number of rotatable bonds is 5. The van der Waals surface area contributed by atoms with Gasteiger partial charge in [0, 0.05) is 14.3 Å². The lowest BCUT2D eigenvalue weighted by molar-refractivity contribution is -0.117. The SMILES string of the molecule is O=C(/C=C/c1ccccc1)C1=C(O)C(=O)N(c2ccc(I)cc2)C1c1ccc(Cl)cc1. The Balaban J connectivity index is 1.78. The second-order valence-electron chi connectivity index (χ2n) is 6.98. The summed E-state index contributed by atoms with van der Waals surface area (Å²) in [7, 11) is 0. The van der Waals surface area contributed by atoms with E-state index in [0.29, 0.717) is 16.3 Å². The number of allylic oxidation sites excluding steroid dienone is 1. The Bertz CT molecular complexity index is 1190. The van der Waals surface area contributed by atoms with Crippen LogP contribution in [0.25, 0.3) is 6.08 Å². The van der Waals surface area contributed by atoms with Crippen molar-refractivity contribution in [3.8, 4) is 0 Å². The number of benzene rings is 3. The Morgan fingerprint density at radius 3 is 2.26 bits per heavy atom. The van der Waals surface area contributed by atoms with Crippen LogP contribution in [-0.4, -0.2) is 16.8 Å². The molecular formula is C25H17ClINO3. The van der Waals surface area contributed by atoms with Crippen LogP contribution >= 0.6 is 34.2 Å². The fourth-order valence-electron chi connectivity index (χ4n) is 3.51. The molecule has 1 amide bonds. The molecule has 1 atom stereocenters. The number of aliphatic hydroxyl groups excluding tert-OH is 1. The van der Waals surface area contributed by atoms with E-state index >= 15 is 0 Å². The molecule has 0 fully saturated rings. The van der Waals surface area contributed by atoms with Gasteiger partial charge in [0.1, 0.15) is 0 Å². The first-order valence-corrected chi connectivity index (χ1v) is 11.0. The van der Waals surface area contributed by atoms with Gasteiger partial charge in [-0.25, -0.2) is 0 Å². The second-order valence-corrected chi connectivity index (χ2v) is 8.66. The third kappa shape index (κ3) is 4.43. The van der Waals surface area contributed by atoms with E-state index in [1.54, 1.807) is 42.5 Å². The number of carbonyl (C=O) groups is 2. The molecule has 3 aromatic carbocycles. The predicted octanol–water partition coefficient (Wildman–Crippen LogP) is 6.13. The molecule has 4 nitrogen and oxygen atoms in total. The molecule has 6 heteroatoms. The van der Waals surface area contributed by atoms with Crippen LogP contribution < -0.4 is 4.90 Å². The normalized spacial score (nSPS) is 16.4. The Hall–Kier alpha value is -2.90. The van der Waals surface area contributed by atoms with Gasteiger partial charge in [-0.2, -0.15) is 0 Å². The zero-order chi connectivity index (χ0) is 22.0. The molecule has 0 spiro atoms. The maximum atomic E-state index is 13.1. The lowest BCUT2D eigenvalue weighted by Crippen LogP contribution is -2.30. The van der Waals surface area contributed by atoms with Crippen LogP contribution in [-0.2, 0) is 9.59 Å². The standard InChI is InChI=1S/C25H17ClINO3/c26-18-9-7-17(8-10-18)23-22(21(29)15-6-16-4-2-1-3-5-16)24(30)25(31)28(23)20-13-11-19(27)12-14-20/h1-15,23,30H/b15-6+. The average molecular weight is 542 g/mol. The topological polar surface area (TPSA) is 57.6 Å². The number of hydrogen-bond acceptors (Lipinski definition) is 3. The quantitative estimate of drug-likeness (QED) is 0.312. The molecule has 0 saturated heterocycles. The molecule has 0 aliphatic carbocycles. The minimum absolute atomic E-state index is 0.0399. The monoisotopic (exact) mass is 541 g/mol. The number of halogens is 2. The van der Waals surface area contributed by atoms with Gasteiger partial charge in [0.2, 0.25) is 0 Å². The number of nitrogens with zero attached hydrogens (tertiary/aromatic N) is 1. The molecule has 0 saturated carbocycles. The first-order chi connectivity index (χ1) is 15.0. The van der Waals surface area contributed by atoms with Crippen molar-refractivity contribution < 1.29 is 14.7 Å². The number of ketones is 1. The Kier molecular flexibility index (Phi) is 6.25. The van der Waals surface area contributed by atoms with E-state index in [-0.39, 0.29) is 5.57 Å². The maximum absolute atomic E-state index is 13.1. The van der Waals surface area contributed by atoms with Crippen LogP contribution in [0.5, 0.6) is 0 Å². The van der Waals surface area contributed by atoms with Gasteiger partial charge in [0.25, 0.3) is 5.91 Å². The van der Waals surface area contributed by atoms with Crippen molar-refractivity contribution in [2.45, 2.75) is 6.04 Å². The van der Waals surface area contributed by atoms with Crippen LogP contribution in [0, 0.1) is 3.57 Å². The summed E-state index contributed by atoms with van der Waals surface area (Å²) in [5.41, 5.74) is 2.15. The molecule has 31 heavy (non-hydrogen) atoms. The van der Waals surface area contributed by atoms with Gasteiger partial charge in [-0.3, -0.25) is 14.5 Å². The highest BCUT2D eigenvalue weighted by atomic mass is 127. The van der Waals surface area contributed by atoms with Crippen LogP contribution in [0.15, 0.2) is 96.3 Å². The molecule has 4 rings (SSSR count). The minimum atomic E-state index is -0.766. The van der Waals surface area contributed by atoms with E-state index < -0.39 is 23.5 Å². The van der Waals surface area contributed by atoms with Crippen molar-refractivity contribution in [3.63, 3.8) is 0 Å². The summed E-state index contributed by atoms with van der Waals surface area (Å²) in [6, 6.07) is 22.8. The third-order valence-corrected chi connectivity index (χ3v) is 5.96. The summed E-state index contributed by atoms with van der Waals surface area (Å²) in [6.45, 7) is 0. The van der Waals surface area contributed by atoms with E-state index in [9.17, 15) is 14.7 Å². The first kappa shape index (κ1) is 21.3. The molecule has 3 aromatic rings. The lowest BCUT2D eigenvalue weighted by atomic mass is 9.95. The predicted molar refractivity (Wildman–Crippen MR) is 131 cm³/mol. The van der Waals surface area contributed by atoms with Crippen molar-refractivity contribution in [3.05, 3.63) is 116 Å². The summed E-state index contributed by atoms with van der Waals surface area (Å²) in [6.07, 6.45) is 3.05. The molecule has 1 aliphatic heterocycles. The number of amides is 1. The van der Waals surface area contributed by atoms with Crippen LogP contribution in [0.4, 0.5) is 5.69 Å². The molecule has 1 N–H and O–H groups in total. The third-order valence-electron chi connectivity index (χ3n) is 4.99. The Labute approximate surface area is 198 Å². The van der Waals surface area contributed by atoms with Crippen molar-refractivity contribution in [2.24, 2.45) is 0 Å². The van der Waals surface area contributed by atoms with Crippen LogP contribution in [0.3, 0.4) is 0 Å². The number of carbonyl (C=O) groups excluding carboxylic acids is 2. The van der Waals surface area contributed by atoms with Crippen molar-refractivity contribution in [2.75, 3.05) is 4.90 Å². The highest BCUT2D eigenvalue weighted by molar-refractivity contribution is 14.1. The summed E-state index contributed by atoms with van der Waals surface area (Å²) >= 11 is 8.22. The summed E-state index contributed by atoms with van der Waals surface area (Å²) < 4.78 is 1.01. The smallest absolute Gasteiger partial charge is 0.294 e. The molecule has 1 heterocycles. The number of aliphatic hydroxyl groups is 1. The Morgan fingerprint density at radius 1 is 0.968 bits per heavy atom. The van der Waals surface area contributed by atoms with Gasteiger partial charge in [0.05, 0.1) is 11.6 Å². The molecule has 1 unspecified atom stereocenters. The second kappa shape index (κ2) is 9.08. The van der Waals surface area contributed by atoms with E-state index in [0.717, 1.165) is 9.13 Å². The van der Waals surface area contributed by atoms with Crippen molar-refractivity contribution in [1.82, 2.24) is 0 Å². The van der Waals surface area contributed by atoms with Crippen LogP contribution in [0.2, 0.25) is 5.02 Å². The van der Waals surface area contributed by atoms with Crippen molar-refractivity contribution in [1.29, 1.82) is 0 Å². The highest BCUT2D eigenvalue weighted by Crippen LogP contribution is 2.41. The van der Waals surface area contributed by atoms with Gasteiger partial charge >= 0.3 is 0 Å². The van der Waals surface area contributed by atoms with E-state index in [2.05, 4.69) is 22.6 Å². The fourth-order valence-corrected chi connectivity index (χ4v) is 4.00. The lowest BCUT2D eigenvalue weighted by Gasteiger charge is -2.26. The fraction of sp³-hybridized carbons (Fsp3) is 0.0400. The molecule has 0 radical (unpaired) electrons. The molecule has 0 bridgehead atoms. The van der Waals surface area contributed by atoms with E-state index in [1.165, 1.54) is 11.0 Å². The zero-order valence-corrected chi connectivity index (χ0v) is 19.1. The average Bonchev–Trinajstić information content (AvgIpc) is 3.05. The van der Waals surface area contributed by atoms with E-state index in [4.69, 9.17) is 11.6 Å². The Morgan fingerprint density at radius 2 is 1.61 bits per heavy atom. The largest absolute Gasteiger partial charge is 0.503 e. The molecule has 1 aliphatic rings. The number of hydrogen-bond donors (Lipinski definition) is 1. The van der Waals surface area contributed by atoms with Crippen LogP contribution in [0.1, 0.15) is 17.2 Å². The molecular weight excluding hydrogens is 525 g/mol. The maximum Gasteiger partial charge on any atom is 0.294 e. The molecule has 0 aromatic heterocycles. The summed E-state index contributed by atoms with van der Waals surface area (Å²) in [4.78, 5) is 27.6. The molecule has 154 valence electrons. The van der Waals surface area contributed by atoms with Crippen molar-refractivity contribution >= 4 is 57.6 Å². The first-order valence-electron chi connectivity index (χ1n) is 9.51. The summed E-state index contributed by atoms with van der Waals surface area (Å²) in [5, 5.41) is 11.2. The van der Waals surface area contributed by atoms with Gasteiger partial charge in [-0.15, -0.1) is 0 Å². The van der Waals surface area contributed by atoms with Gasteiger partial charge < -0.3 is 5.11 Å². The number of anilines is 1. The van der Waals surface area contributed by atoms with Gasteiger partial charge in [-0.1, -0.05) is 60.1 Å². The highest BCUT2D eigenvalue weighted by Gasteiger charge is 2.43. The zero-order valence-electron chi connectivity index (χ0n) is 16.2. The van der Waals surface area contributed by atoms with Gasteiger partial charge in [0.15, 0.2) is 11.5 Å². The minimum Gasteiger partial charge on any atom is -0.503 e. The summed E-state index contributed by atoms with van der Waals surface area (Å²) in [5.74, 6) is -1.58. The van der Waals surface area contributed by atoms with Gasteiger partial charge in [-0.05, 0) is 76.2 Å². The van der Waals surface area contributed by atoms with E-state index in [1.807, 2.05) is 42.5 Å².